The number of aromatic nitrogens is 2. The molecule has 1 amide bonds. The van der Waals surface area contributed by atoms with E-state index in [0.717, 1.165) is 16.3 Å². The van der Waals surface area contributed by atoms with Crippen LogP contribution in [0.2, 0.25) is 0 Å². The van der Waals surface area contributed by atoms with Crippen molar-refractivity contribution in [3.8, 4) is 5.75 Å². The SMILES string of the molecule is Cc1cccc(OCCc2nnc(NC(=O)c3ccc([N+](=O)[O-])cc3)s2)c1. The number of anilines is 1. The van der Waals surface area contributed by atoms with Crippen LogP contribution in [0.4, 0.5) is 10.8 Å². The van der Waals surface area contributed by atoms with Crippen LogP contribution < -0.4 is 10.1 Å². The highest BCUT2D eigenvalue weighted by Crippen LogP contribution is 2.19. The van der Waals surface area contributed by atoms with Gasteiger partial charge in [-0.2, -0.15) is 0 Å². The van der Waals surface area contributed by atoms with E-state index in [9.17, 15) is 14.9 Å². The summed E-state index contributed by atoms with van der Waals surface area (Å²) in [5.41, 5.74) is 1.36. The number of nitro benzene ring substituents is 1. The maximum Gasteiger partial charge on any atom is 0.269 e. The van der Waals surface area contributed by atoms with E-state index in [0.29, 0.717) is 23.7 Å². The van der Waals surface area contributed by atoms with Gasteiger partial charge in [-0.3, -0.25) is 20.2 Å². The van der Waals surface area contributed by atoms with E-state index in [2.05, 4.69) is 15.5 Å². The smallest absolute Gasteiger partial charge is 0.269 e. The predicted octanol–water partition coefficient (Wildman–Crippen LogP) is 3.63. The van der Waals surface area contributed by atoms with E-state index >= 15 is 0 Å². The molecule has 3 rings (SSSR count). The summed E-state index contributed by atoms with van der Waals surface area (Å²) in [5.74, 6) is 0.398. The number of hydrogen-bond donors (Lipinski definition) is 1. The second kappa shape index (κ2) is 8.37. The number of nitrogens with one attached hydrogen (secondary N) is 1. The van der Waals surface area contributed by atoms with Gasteiger partial charge in [-0.1, -0.05) is 23.5 Å². The molecule has 0 radical (unpaired) electrons. The summed E-state index contributed by atoms with van der Waals surface area (Å²) in [6, 6.07) is 13.1. The summed E-state index contributed by atoms with van der Waals surface area (Å²) in [5, 5.41) is 22.4. The predicted molar refractivity (Wildman–Crippen MR) is 101 cm³/mol. The summed E-state index contributed by atoms with van der Waals surface area (Å²) in [6.45, 7) is 2.45. The van der Waals surface area contributed by atoms with Crippen molar-refractivity contribution in [1.82, 2.24) is 10.2 Å². The Balaban J connectivity index is 1.52. The molecular weight excluding hydrogens is 368 g/mol. The number of amides is 1. The third kappa shape index (κ3) is 5.08. The first-order chi connectivity index (χ1) is 13.0. The Morgan fingerprint density at radius 1 is 1.22 bits per heavy atom. The lowest BCUT2D eigenvalue weighted by atomic mass is 10.2. The van der Waals surface area contributed by atoms with Gasteiger partial charge < -0.3 is 4.74 Å². The van der Waals surface area contributed by atoms with Crippen LogP contribution in [-0.4, -0.2) is 27.6 Å². The highest BCUT2D eigenvalue weighted by Gasteiger charge is 2.12. The third-order valence-corrected chi connectivity index (χ3v) is 4.50. The van der Waals surface area contributed by atoms with Crippen molar-refractivity contribution in [2.45, 2.75) is 13.3 Å². The van der Waals surface area contributed by atoms with Gasteiger partial charge in [0.2, 0.25) is 5.13 Å². The van der Waals surface area contributed by atoms with Crippen molar-refractivity contribution < 1.29 is 14.5 Å². The number of aryl methyl sites for hydroxylation is 1. The molecule has 2 aromatic carbocycles. The van der Waals surface area contributed by atoms with Gasteiger partial charge in [0.1, 0.15) is 10.8 Å². The summed E-state index contributed by atoms with van der Waals surface area (Å²) in [7, 11) is 0. The van der Waals surface area contributed by atoms with Gasteiger partial charge in [0.25, 0.3) is 11.6 Å². The van der Waals surface area contributed by atoms with Crippen molar-refractivity contribution in [3.05, 3.63) is 74.8 Å². The first kappa shape index (κ1) is 18.5. The maximum absolute atomic E-state index is 12.2. The molecule has 1 N–H and O–H groups in total. The second-order valence-electron chi connectivity index (χ2n) is 5.67. The van der Waals surface area contributed by atoms with Crippen LogP contribution in [0.25, 0.3) is 0 Å². The number of rotatable bonds is 7. The minimum absolute atomic E-state index is 0.0710. The van der Waals surface area contributed by atoms with Gasteiger partial charge in [0.15, 0.2) is 0 Å². The van der Waals surface area contributed by atoms with Gasteiger partial charge in [0.05, 0.1) is 11.5 Å². The molecule has 0 aliphatic carbocycles. The fourth-order valence-electron chi connectivity index (χ4n) is 2.27. The standard InChI is InChI=1S/C18H16N4O4S/c1-12-3-2-4-15(11-12)26-10-9-16-20-21-18(27-16)19-17(23)13-5-7-14(8-6-13)22(24)25/h2-8,11H,9-10H2,1H3,(H,19,21,23). The Bertz CT molecular complexity index is 956. The molecule has 0 bridgehead atoms. The average Bonchev–Trinajstić information content (AvgIpc) is 3.09. The monoisotopic (exact) mass is 384 g/mol. The van der Waals surface area contributed by atoms with Crippen LogP contribution in [0.15, 0.2) is 48.5 Å². The topological polar surface area (TPSA) is 107 Å². The summed E-state index contributed by atoms with van der Waals surface area (Å²) in [4.78, 5) is 22.3. The highest BCUT2D eigenvalue weighted by atomic mass is 32.1. The quantitative estimate of drug-likeness (QED) is 0.492. The highest BCUT2D eigenvalue weighted by molar-refractivity contribution is 7.15. The van der Waals surface area contributed by atoms with E-state index in [1.807, 2.05) is 31.2 Å². The van der Waals surface area contributed by atoms with Gasteiger partial charge in [-0.25, -0.2) is 0 Å². The number of hydrogen-bond acceptors (Lipinski definition) is 7. The Kier molecular flexibility index (Phi) is 5.72. The summed E-state index contributed by atoms with van der Waals surface area (Å²) >= 11 is 1.26. The van der Waals surface area contributed by atoms with Gasteiger partial charge in [0, 0.05) is 24.1 Å². The molecule has 9 heteroatoms. The summed E-state index contributed by atoms with van der Waals surface area (Å²) < 4.78 is 5.68. The van der Waals surface area contributed by atoms with Crippen LogP contribution in [0, 0.1) is 17.0 Å². The minimum Gasteiger partial charge on any atom is -0.493 e. The van der Waals surface area contributed by atoms with Crippen molar-refractivity contribution in [2.75, 3.05) is 11.9 Å². The van der Waals surface area contributed by atoms with Crippen molar-refractivity contribution in [3.63, 3.8) is 0 Å². The van der Waals surface area contributed by atoms with Crippen LogP contribution in [0.3, 0.4) is 0 Å². The number of non-ortho nitro benzene ring substituents is 1. The fourth-order valence-corrected chi connectivity index (χ4v) is 2.99. The van der Waals surface area contributed by atoms with E-state index in [1.165, 1.54) is 35.6 Å². The lowest BCUT2D eigenvalue weighted by Gasteiger charge is -2.04. The molecule has 0 atom stereocenters. The van der Waals surface area contributed by atoms with Crippen molar-refractivity contribution >= 4 is 28.1 Å². The number of nitro groups is 1. The lowest BCUT2D eigenvalue weighted by Crippen LogP contribution is -2.11. The van der Waals surface area contributed by atoms with E-state index < -0.39 is 10.8 Å². The molecule has 27 heavy (non-hydrogen) atoms. The average molecular weight is 384 g/mol. The zero-order valence-electron chi connectivity index (χ0n) is 14.4. The largest absolute Gasteiger partial charge is 0.493 e. The number of nitrogens with zero attached hydrogens (tertiary/aromatic N) is 3. The maximum atomic E-state index is 12.2. The number of carbonyl (C=O) groups excluding carboxylic acids is 1. The zero-order chi connectivity index (χ0) is 19.2. The number of benzene rings is 2. The molecular formula is C18H16N4O4S. The molecule has 0 aliphatic heterocycles. The fraction of sp³-hybridized carbons (Fsp3) is 0.167. The number of carbonyl (C=O) groups is 1. The third-order valence-electron chi connectivity index (χ3n) is 3.60. The summed E-state index contributed by atoms with van der Waals surface area (Å²) in [6.07, 6.45) is 0.568. The number of ether oxygens (including phenoxy) is 1. The Morgan fingerprint density at radius 2 is 2.00 bits per heavy atom. The molecule has 8 nitrogen and oxygen atoms in total. The van der Waals surface area contributed by atoms with Gasteiger partial charge in [-0.05, 0) is 36.8 Å². The Labute approximate surface area is 159 Å². The van der Waals surface area contributed by atoms with Gasteiger partial charge in [-0.15, -0.1) is 10.2 Å². The molecule has 138 valence electrons. The van der Waals surface area contributed by atoms with Crippen molar-refractivity contribution in [1.29, 1.82) is 0 Å². The van der Waals surface area contributed by atoms with Crippen LogP contribution in [0.5, 0.6) is 5.75 Å². The lowest BCUT2D eigenvalue weighted by molar-refractivity contribution is -0.384. The molecule has 0 aliphatic rings. The first-order valence-electron chi connectivity index (χ1n) is 8.09. The Morgan fingerprint density at radius 3 is 2.70 bits per heavy atom. The second-order valence-corrected chi connectivity index (χ2v) is 6.74. The van der Waals surface area contributed by atoms with Crippen LogP contribution in [-0.2, 0) is 6.42 Å². The molecule has 0 unspecified atom stereocenters. The molecule has 3 aromatic rings. The molecule has 0 saturated carbocycles. The Hall–Kier alpha value is -3.33. The normalized spacial score (nSPS) is 10.4. The van der Waals surface area contributed by atoms with Crippen molar-refractivity contribution in [2.24, 2.45) is 0 Å². The van der Waals surface area contributed by atoms with Gasteiger partial charge >= 0.3 is 0 Å². The van der Waals surface area contributed by atoms with E-state index in [4.69, 9.17) is 4.74 Å². The molecule has 0 fully saturated rings. The molecule has 1 aromatic heterocycles. The first-order valence-corrected chi connectivity index (χ1v) is 8.90. The zero-order valence-corrected chi connectivity index (χ0v) is 15.2. The molecule has 0 saturated heterocycles. The van der Waals surface area contributed by atoms with E-state index in [1.54, 1.807) is 0 Å². The molecule has 1 heterocycles. The van der Waals surface area contributed by atoms with Crippen LogP contribution >= 0.6 is 11.3 Å². The molecule has 0 spiro atoms. The minimum atomic E-state index is -0.516. The van der Waals surface area contributed by atoms with E-state index in [-0.39, 0.29) is 5.69 Å². The van der Waals surface area contributed by atoms with Crippen LogP contribution in [0.1, 0.15) is 20.9 Å².